The van der Waals surface area contributed by atoms with Gasteiger partial charge in [0, 0.05) is 11.9 Å². The lowest BCUT2D eigenvalue weighted by molar-refractivity contribution is 0.0954. The Kier molecular flexibility index (Phi) is 3.23. The molecule has 0 aliphatic carbocycles. The molecular weight excluding hydrogens is 236 g/mol. The zero-order chi connectivity index (χ0) is 12.4. The third kappa shape index (κ3) is 2.36. The second-order valence-electron chi connectivity index (χ2n) is 4.20. The van der Waals surface area contributed by atoms with Crippen molar-refractivity contribution in [3.05, 3.63) is 17.1 Å². The molecule has 0 fully saturated rings. The Morgan fingerprint density at radius 3 is 3.00 bits per heavy atom. The van der Waals surface area contributed by atoms with Crippen LogP contribution in [-0.4, -0.2) is 22.6 Å². The molecule has 0 atom stereocenters. The highest BCUT2D eigenvalue weighted by atomic mass is 32.1. The Morgan fingerprint density at radius 1 is 1.59 bits per heavy atom. The molecule has 2 aromatic rings. The van der Waals surface area contributed by atoms with Gasteiger partial charge >= 0.3 is 0 Å². The lowest BCUT2D eigenvalue weighted by atomic mass is 10.2. The molecule has 0 unspecified atom stereocenters. The van der Waals surface area contributed by atoms with Gasteiger partial charge in [-0.05, 0) is 12.0 Å². The third-order valence-electron chi connectivity index (χ3n) is 2.30. The highest BCUT2D eigenvalue weighted by molar-refractivity contribution is 7.21. The Balaban J connectivity index is 2.29. The van der Waals surface area contributed by atoms with Crippen molar-refractivity contribution in [2.24, 2.45) is 5.92 Å². The van der Waals surface area contributed by atoms with Crippen LogP contribution in [-0.2, 0) is 0 Å². The summed E-state index contributed by atoms with van der Waals surface area (Å²) in [5.41, 5.74) is 6.42. The number of hydrogen-bond donors (Lipinski definition) is 2. The molecule has 90 valence electrons. The van der Waals surface area contributed by atoms with E-state index in [4.69, 9.17) is 5.73 Å². The Morgan fingerprint density at radius 2 is 2.35 bits per heavy atom. The van der Waals surface area contributed by atoms with E-state index in [1.54, 1.807) is 12.3 Å². The van der Waals surface area contributed by atoms with Crippen LogP contribution in [0.2, 0.25) is 0 Å². The summed E-state index contributed by atoms with van der Waals surface area (Å²) in [4.78, 5) is 13.1. The molecular formula is C11H14N4OS. The molecule has 0 aliphatic heterocycles. The van der Waals surface area contributed by atoms with Crippen molar-refractivity contribution in [1.82, 2.24) is 15.5 Å². The van der Waals surface area contributed by atoms with Crippen molar-refractivity contribution in [1.29, 1.82) is 0 Å². The monoisotopic (exact) mass is 250 g/mol. The van der Waals surface area contributed by atoms with Gasteiger partial charge < -0.3 is 11.1 Å². The van der Waals surface area contributed by atoms with Crippen LogP contribution >= 0.6 is 11.3 Å². The number of nitrogens with two attached hydrogens (primary N) is 1. The van der Waals surface area contributed by atoms with Crippen LogP contribution in [0.4, 0.5) is 5.69 Å². The number of nitrogen functional groups attached to an aromatic ring is 1. The fourth-order valence-electron chi connectivity index (χ4n) is 1.42. The van der Waals surface area contributed by atoms with E-state index in [9.17, 15) is 4.79 Å². The smallest absolute Gasteiger partial charge is 0.263 e. The van der Waals surface area contributed by atoms with Crippen molar-refractivity contribution < 1.29 is 4.79 Å². The number of carbonyl (C=O) groups excluding carboxylic acids is 1. The lowest BCUT2D eigenvalue weighted by Crippen LogP contribution is -2.27. The van der Waals surface area contributed by atoms with Crippen LogP contribution in [0.5, 0.6) is 0 Å². The summed E-state index contributed by atoms with van der Waals surface area (Å²) in [6.07, 6.45) is 1.57. The second-order valence-corrected chi connectivity index (χ2v) is 5.20. The van der Waals surface area contributed by atoms with Gasteiger partial charge in [0.15, 0.2) is 0 Å². The molecule has 0 saturated heterocycles. The number of nitrogens with one attached hydrogen (secondary N) is 1. The quantitative estimate of drug-likeness (QED) is 0.868. The molecule has 0 aromatic carbocycles. The van der Waals surface area contributed by atoms with Crippen LogP contribution in [0.25, 0.3) is 10.2 Å². The molecule has 2 rings (SSSR count). The first-order valence-corrected chi connectivity index (χ1v) is 6.19. The topological polar surface area (TPSA) is 80.9 Å². The van der Waals surface area contributed by atoms with Gasteiger partial charge in [-0.2, -0.15) is 5.10 Å². The molecule has 3 N–H and O–H groups in total. The molecule has 0 aliphatic rings. The van der Waals surface area contributed by atoms with E-state index in [1.165, 1.54) is 11.3 Å². The van der Waals surface area contributed by atoms with Crippen LogP contribution in [0.3, 0.4) is 0 Å². The van der Waals surface area contributed by atoms with E-state index < -0.39 is 0 Å². The summed E-state index contributed by atoms with van der Waals surface area (Å²) in [6, 6.07) is 1.77. The summed E-state index contributed by atoms with van der Waals surface area (Å²) in [5, 5.41) is 11.4. The number of carbonyl (C=O) groups is 1. The molecule has 2 heterocycles. The summed E-state index contributed by atoms with van der Waals surface area (Å²) in [6.45, 7) is 4.72. The fraction of sp³-hybridized carbons (Fsp3) is 0.364. The van der Waals surface area contributed by atoms with Crippen LogP contribution in [0, 0.1) is 5.92 Å². The summed E-state index contributed by atoms with van der Waals surface area (Å²) >= 11 is 1.27. The van der Waals surface area contributed by atoms with Gasteiger partial charge in [0.2, 0.25) is 0 Å². The SMILES string of the molecule is CC(C)CNC(=O)c1sc2nnccc2c1N. The van der Waals surface area contributed by atoms with Gasteiger partial charge in [-0.15, -0.1) is 16.4 Å². The molecule has 6 heteroatoms. The second kappa shape index (κ2) is 4.67. The van der Waals surface area contributed by atoms with Gasteiger partial charge in [-0.25, -0.2) is 0 Å². The molecule has 0 spiro atoms. The van der Waals surface area contributed by atoms with Crippen molar-refractivity contribution in [2.45, 2.75) is 13.8 Å². The van der Waals surface area contributed by atoms with E-state index in [2.05, 4.69) is 15.5 Å². The minimum absolute atomic E-state index is 0.140. The lowest BCUT2D eigenvalue weighted by Gasteiger charge is -2.06. The molecule has 5 nitrogen and oxygen atoms in total. The first-order valence-electron chi connectivity index (χ1n) is 5.37. The van der Waals surface area contributed by atoms with Crippen LogP contribution in [0.15, 0.2) is 12.3 Å². The molecule has 0 saturated carbocycles. The van der Waals surface area contributed by atoms with E-state index in [1.807, 2.05) is 13.8 Å². The molecule has 1 amide bonds. The minimum Gasteiger partial charge on any atom is -0.397 e. The Labute approximate surface area is 103 Å². The zero-order valence-electron chi connectivity index (χ0n) is 9.73. The molecule has 0 radical (unpaired) electrons. The van der Waals surface area contributed by atoms with Gasteiger partial charge in [0.25, 0.3) is 5.91 Å². The van der Waals surface area contributed by atoms with E-state index >= 15 is 0 Å². The molecule has 17 heavy (non-hydrogen) atoms. The first-order chi connectivity index (χ1) is 8.09. The number of aromatic nitrogens is 2. The zero-order valence-corrected chi connectivity index (χ0v) is 10.5. The Hall–Kier alpha value is -1.69. The maximum absolute atomic E-state index is 11.9. The normalized spacial score (nSPS) is 11.0. The number of nitrogens with zero attached hydrogens (tertiary/aromatic N) is 2. The summed E-state index contributed by atoms with van der Waals surface area (Å²) < 4.78 is 0. The molecule has 2 aromatic heterocycles. The van der Waals surface area contributed by atoms with E-state index in [0.29, 0.717) is 27.9 Å². The number of hydrogen-bond acceptors (Lipinski definition) is 5. The first kappa shape index (κ1) is 11.8. The van der Waals surface area contributed by atoms with Gasteiger partial charge in [0.1, 0.15) is 9.71 Å². The highest BCUT2D eigenvalue weighted by Crippen LogP contribution is 2.31. The average Bonchev–Trinajstić information content (AvgIpc) is 2.64. The van der Waals surface area contributed by atoms with Gasteiger partial charge in [-0.1, -0.05) is 13.8 Å². The summed E-state index contributed by atoms with van der Waals surface area (Å²) in [5.74, 6) is 0.272. The maximum atomic E-state index is 11.9. The third-order valence-corrected chi connectivity index (χ3v) is 3.40. The van der Waals surface area contributed by atoms with Crippen LogP contribution in [0.1, 0.15) is 23.5 Å². The Bertz CT molecular complexity index is 549. The van der Waals surface area contributed by atoms with E-state index in [0.717, 1.165) is 5.39 Å². The predicted octanol–water partition coefficient (Wildman–Crippen LogP) is 1.66. The van der Waals surface area contributed by atoms with E-state index in [-0.39, 0.29) is 5.91 Å². The minimum atomic E-state index is -0.140. The van der Waals surface area contributed by atoms with Crippen molar-refractivity contribution >= 4 is 33.1 Å². The number of thiophene rings is 1. The number of amides is 1. The van der Waals surface area contributed by atoms with Crippen molar-refractivity contribution in [3.8, 4) is 0 Å². The van der Waals surface area contributed by atoms with Crippen molar-refractivity contribution in [3.63, 3.8) is 0 Å². The van der Waals surface area contributed by atoms with Gasteiger partial charge in [0.05, 0.1) is 11.9 Å². The number of fused-ring (bicyclic) bond motifs is 1. The number of anilines is 1. The highest BCUT2D eigenvalue weighted by Gasteiger charge is 2.16. The van der Waals surface area contributed by atoms with Gasteiger partial charge in [-0.3, -0.25) is 4.79 Å². The maximum Gasteiger partial charge on any atom is 0.263 e. The predicted molar refractivity (Wildman–Crippen MR) is 69.0 cm³/mol. The van der Waals surface area contributed by atoms with Crippen molar-refractivity contribution in [2.75, 3.05) is 12.3 Å². The van der Waals surface area contributed by atoms with Crippen LogP contribution < -0.4 is 11.1 Å². The molecule has 0 bridgehead atoms. The fourth-order valence-corrected chi connectivity index (χ4v) is 2.37. The summed E-state index contributed by atoms with van der Waals surface area (Å²) in [7, 11) is 0. The largest absolute Gasteiger partial charge is 0.397 e. The standard InChI is InChI=1S/C11H14N4OS/c1-6(2)5-13-10(16)9-8(12)7-3-4-14-15-11(7)17-9/h3-4,6H,5,12H2,1-2H3,(H,13,16). The number of rotatable bonds is 3. The average molecular weight is 250 g/mol.